The van der Waals surface area contributed by atoms with Crippen molar-refractivity contribution in [2.45, 2.75) is 52.4 Å². The van der Waals surface area contributed by atoms with Crippen molar-refractivity contribution in [3.05, 3.63) is 29.3 Å². The summed E-state index contributed by atoms with van der Waals surface area (Å²) in [6, 6.07) is 6.50. The lowest BCUT2D eigenvalue weighted by atomic mass is 9.86. The van der Waals surface area contributed by atoms with Crippen molar-refractivity contribution in [3.8, 4) is 5.75 Å². The van der Waals surface area contributed by atoms with Gasteiger partial charge >= 0.3 is 0 Å². The number of rotatable bonds is 6. The predicted octanol–water partition coefficient (Wildman–Crippen LogP) is 3.80. The number of nitrogens with two attached hydrogens (primary N) is 1. The second-order valence-corrected chi connectivity index (χ2v) is 5.93. The van der Waals surface area contributed by atoms with Crippen LogP contribution in [0.4, 0.5) is 0 Å². The molecule has 0 spiro atoms. The maximum atomic E-state index is 5.81. The number of ether oxygens (including phenoxy) is 1. The molecule has 2 heteroatoms. The fourth-order valence-corrected chi connectivity index (χ4v) is 1.88. The van der Waals surface area contributed by atoms with Crippen LogP contribution in [0.5, 0.6) is 5.75 Å². The van der Waals surface area contributed by atoms with E-state index in [0.717, 1.165) is 38.2 Å². The van der Waals surface area contributed by atoms with Crippen molar-refractivity contribution in [3.63, 3.8) is 0 Å². The minimum absolute atomic E-state index is 0.199. The van der Waals surface area contributed by atoms with Crippen LogP contribution in [0.2, 0.25) is 0 Å². The van der Waals surface area contributed by atoms with Crippen molar-refractivity contribution in [1.29, 1.82) is 0 Å². The van der Waals surface area contributed by atoms with Crippen LogP contribution in [0.3, 0.4) is 0 Å². The van der Waals surface area contributed by atoms with Gasteiger partial charge in [0.05, 0.1) is 6.61 Å². The Morgan fingerprint density at radius 1 is 1.11 bits per heavy atom. The molecule has 0 aliphatic rings. The number of aryl methyl sites for hydroxylation is 1. The molecule has 0 radical (unpaired) electrons. The molecule has 0 saturated carbocycles. The third-order valence-corrected chi connectivity index (χ3v) is 3.15. The molecule has 1 rings (SSSR count). The highest BCUT2D eigenvalue weighted by Gasteiger charge is 2.14. The molecule has 1 aromatic carbocycles. The zero-order valence-corrected chi connectivity index (χ0v) is 12.3. The molecule has 18 heavy (non-hydrogen) atoms. The van der Waals surface area contributed by atoms with Crippen LogP contribution in [-0.2, 0) is 5.41 Å². The van der Waals surface area contributed by atoms with Gasteiger partial charge in [0, 0.05) is 0 Å². The van der Waals surface area contributed by atoms with Crippen molar-refractivity contribution in [1.82, 2.24) is 0 Å². The number of unbranched alkanes of at least 4 members (excludes halogenated alkanes) is 2. The molecule has 0 saturated heterocycles. The Morgan fingerprint density at radius 3 is 2.39 bits per heavy atom. The first-order valence-corrected chi connectivity index (χ1v) is 6.89. The summed E-state index contributed by atoms with van der Waals surface area (Å²) in [6.45, 7) is 10.4. The van der Waals surface area contributed by atoms with Gasteiger partial charge in [-0.1, -0.05) is 32.9 Å². The van der Waals surface area contributed by atoms with Crippen molar-refractivity contribution >= 4 is 0 Å². The van der Waals surface area contributed by atoms with Gasteiger partial charge in [-0.25, -0.2) is 0 Å². The van der Waals surface area contributed by atoms with Crippen LogP contribution in [0.1, 0.15) is 51.2 Å². The van der Waals surface area contributed by atoms with E-state index in [-0.39, 0.29) is 5.41 Å². The Kier molecular flexibility index (Phi) is 5.67. The second kappa shape index (κ2) is 6.79. The van der Waals surface area contributed by atoms with Gasteiger partial charge < -0.3 is 10.5 Å². The van der Waals surface area contributed by atoms with Crippen molar-refractivity contribution in [2.24, 2.45) is 5.73 Å². The molecule has 0 aliphatic carbocycles. The molecule has 0 fully saturated rings. The molecule has 2 nitrogen and oxygen atoms in total. The first-order chi connectivity index (χ1) is 8.45. The highest BCUT2D eigenvalue weighted by molar-refractivity contribution is 5.38. The maximum absolute atomic E-state index is 5.81. The molecule has 0 aliphatic heterocycles. The summed E-state index contributed by atoms with van der Waals surface area (Å²) < 4.78 is 5.81. The summed E-state index contributed by atoms with van der Waals surface area (Å²) in [7, 11) is 0. The molecule has 102 valence electrons. The highest BCUT2D eigenvalue weighted by atomic mass is 16.5. The maximum Gasteiger partial charge on any atom is 0.122 e. The fraction of sp³-hybridized carbons (Fsp3) is 0.625. The average Bonchev–Trinajstić information content (AvgIpc) is 2.29. The Morgan fingerprint density at radius 2 is 1.83 bits per heavy atom. The SMILES string of the molecule is Cc1cc(C(C)(C)C)ccc1OCCCCCN. The normalized spacial score (nSPS) is 11.6. The van der Waals surface area contributed by atoms with E-state index < -0.39 is 0 Å². The Hall–Kier alpha value is -1.02. The Labute approximate surface area is 112 Å². The third-order valence-electron chi connectivity index (χ3n) is 3.15. The van der Waals surface area contributed by atoms with Gasteiger partial charge in [-0.05, 0) is 55.3 Å². The van der Waals surface area contributed by atoms with Crippen molar-refractivity contribution < 1.29 is 4.74 Å². The molecule has 0 bridgehead atoms. The van der Waals surface area contributed by atoms with Crippen LogP contribution < -0.4 is 10.5 Å². The minimum Gasteiger partial charge on any atom is -0.493 e. The van der Waals surface area contributed by atoms with Crippen LogP contribution in [0.25, 0.3) is 0 Å². The molecular weight excluding hydrogens is 222 g/mol. The van der Waals surface area contributed by atoms with Gasteiger partial charge in [0.1, 0.15) is 5.75 Å². The summed E-state index contributed by atoms with van der Waals surface area (Å²) >= 11 is 0. The monoisotopic (exact) mass is 249 g/mol. The van der Waals surface area contributed by atoms with Crippen LogP contribution in [0.15, 0.2) is 18.2 Å². The first-order valence-electron chi connectivity index (χ1n) is 6.89. The standard InChI is InChI=1S/C16H27NO/c1-13-12-14(16(2,3)4)8-9-15(13)18-11-7-5-6-10-17/h8-9,12H,5-7,10-11,17H2,1-4H3. The van der Waals surface area contributed by atoms with Gasteiger partial charge in [-0.3, -0.25) is 0 Å². The average molecular weight is 249 g/mol. The lowest BCUT2D eigenvalue weighted by Crippen LogP contribution is -2.11. The summed E-state index contributed by atoms with van der Waals surface area (Å²) in [5.41, 5.74) is 8.24. The van der Waals surface area contributed by atoms with Gasteiger partial charge in [0.25, 0.3) is 0 Å². The Bertz CT molecular complexity index is 366. The van der Waals surface area contributed by atoms with E-state index in [1.807, 2.05) is 0 Å². The van der Waals surface area contributed by atoms with E-state index in [2.05, 4.69) is 45.9 Å². The van der Waals surface area contributed by atoms with E-state index in [9.17, 15) is 0 Å². The van der Waals surface area contributed by atoms with E-state index in [0.29, 0.717) is 0 Å². The van der Waals surface area contributed by atoms with Gasteiger partial charge in [-0.15, -0.1) is 0 Å². The molecule has 0 amide bonds. The summed E-state index contributed by atoms with van der Waals surface area (Å²) in [5.74, 6) is 1.01. The van der Waals surface area contributed by atoms with Crippen molar-refractivity contribution in [2.75, 3.05) is 13.2 Å². The quantitative estimate of drug-likeness (QED) is 0.778. The van der Waals surface area contributed by atoms with Gasteiger partial charge in [0.15, 0.2) is 0 Å². The number of benzene rings is 1. The van der Waals surface area contributed by atoms with E-state index in [1.54, 1.807) is 0 Å². The van der Waals surface area contributed by atoms with Crippen LogP contribution >= 0.6 is 0 Å². The first kappa shape index (κ1) is 15.0. The molecule has 0 atom stereocenters. The lowest BCUT2D eigenvalue weighted by molar-refractivity contribution is 0.303. The van der Waals surface area contributed by atoms with E-state index >= 15 is 0 Å². The molecule has 1 aromatic rings. The summed E-state index contributed by atoms with van der Waals surface area (Å²) in [4.78, 5) is 0. The zero-order valence-electron chi connectivity index (χ0n) is 12.3. The molecular formula is C16H27NO. The minimum atomic E-state index is 0.199. The second-order valence-electron chi connectivity index (χ2n) is 5.93. The highest BCUT2D eigenvalue weighted by Crippen LogP contribution is 2.27. The van der Waals surface area contributed by atoms with Gasteiger partial charge in [-0.2, -0.15) is 0 Å². The fourth-order valence-electron chi connectivity index (χ4n) is 1.88. The van der Waals surface area contributed by atoms with E-state index in [4.69, 9.17) is 10.5 Å². The van der Waals surface area contributed by atoms with Crippen LogP contribution in [-0.4, -0.2) is 13.2 Å². The van der Waals surface area contributed by atoms with Crippen LogP contribution in [0, 0.1) is 6.92 Å². The summed E-state index contributed by atoms with van der Waals surface area (Å²) in [6.07, 6.45) is 3.32. The number of hydrogen-bond acceptors (Lipinski definition) is 2. The third kappa shape index (κ3) is 4.69. The topological polar surface area (TPSA) is 35.2 Å². The summed E-state index contributed by atoms with van der Waals surface area (Å²) in [5, 5.41) is 0. The molecule has 2 N–H and O–H groups in total. The smallest absolute Gasteiger partial charge is 0.122 e. The largest absolute Gasteiger partial charge is 0.493 e. The van der Waals surface area contributed by atoms with Gasteiger partial charge in [0.2, 0.25) is 0 Å². The zero-order chi connectivity index (χ0) is 13.6. The molecule has 0 heterocycles. The van der Waals surface area contributed by atoms with E-state index in [1.165, 1.54) is 11.1 Å². The number of hydrogen-bond donors (Lipinski definition) is 1. The Balaban J connectivity index is 2.53. The molecule has 0 unspecified atom stereocenters. The predicted molar refractivity (Wildman–Crippen MR) is 78.3 cm³/mol. The molecule has 0 aromatic heterocycles. The lowest BCUT2D eigenvalue weighted by Gasteiger charge is -2.20.